The van der Waals surface area contributed by atoms with E-state index in [1.807, 2.05) is 0 Å². The van der Waals surface area contributed by atoms with Crippen LogP contribution in [0.5, 0.6) is 0 Å². The van der Waals surface area contributed by atoms with Crippen molar-refractivity contribution in [2.45, 2.75) is 51.0 Å². The van der Waals surface area contributed by atoms with E-state index in [-0.39, 0.29) is 11.8 Å². The monoisotopic (exact) mass is 253 g/mol. The van der Waals surface area contributed by atoms with E-state index >= 15 is 0 Å². The molecule has 1 amide bonds. The third kappa shape index (κ3) is 3.04. The first-order valence-electron chi connectivity index (χ1n) is 7.46. The van der Waals surface area contributed by atoms with E-state index in [4.69, 9.17) is 11.5 Å². The summed E-state index contributed by atoms with van der Waals surface area (Å²) in [7, 11) is 0. The molecule has 18 heavy (non-hydrogen) atoms. The molecule has 2 rings (SSSR count). The van der Waals surface area contributed by atoms with Gasteiger partial charge >= 0.3 is 0 Å². The van der Waals surface area contributed by atoms with Crippen LogP contribution in [0.3, 0.4) is 0 Å². The predicted octanol–water partition coefficient (Wildman–Crippen LogP) is 0.995. The van der Waals surface area contributed by atoms with Crippen molar-refractivity contribution < 1.29 is 4.79 Å². The number of nitrogens with two attached hydrogens (primary N) is 2. The Labute approximate surface area is 110 Å². The third-order valence-corrected chi connectivity index (χ3v) is 4.84. The number of hydrogen-bond donors (Lipinski definition) is 3. The molecule has 0 bridgehead atoms. The number of carbonyl (C=O) groups excluding carboxylic acids is 1. The molecule has 2 unspecified atom stereocenters. The minimum atomic E-state index is 0.148. The summed E-state index contributed by atoms with van der Waals surface area (Å²) in [4.78, 5) is 12.3. The quantitative estimate of drug-likeness (QED) is 0.699. The zero-order chi connectivity index (χ0) is 13.0. The van der Waals surface area contributed by atoms with Gasteiger partial charge in [-0.15, -0.1) is 0 Å². The second kappa shape index (κ2) is 6.53. The van der Waals surface area contributed by atoms with Crippen LogP contribution in [-0.2, 0) is 4.79 Å². The van der Waals surface area contributed by atoms with Crippen LogP contribution < -0.4 is 16.8 Å². The molecule has 0 aromatic heterocycles. The maximum atomic E-state index is 12.3. The van der Waals surface area contributed by atoms with Crippen LogP contribution in [0.25, 0.3) is 0 Å². The molecule has 0 saturated heterocycles. The van der Waals surface area contributed by atoms with E-state index in [1.54, 1.807) is 0 Å². The van der Waals surface area contributed by atoms with E-state index in [1.165, 1.54) is 12.8 Å². The van der Waals surface area contributed by atoms with Crippen LogP contribution >= 0.6 is 0 Å². The van der Waals surface area contributed by atoms with Crippen molar-refractivity contribution in [2.24, 2.45) is 29.2 Å². The Morgan fingerprint density at radius 2 is 1.61 bits per heavy atom. The number of hydrogen-bond acceptors (Lipinski definition) is 3. The summed E-state index contributed by atoms with van der Waals surface area (Å²) in [6.45, 7) is 1.33. The Hall–Kier alpha value is -0.610. The number of amides is 1. The van der Waals surface area contributed by atoms with Gasteiger partial charge in [0.25, 0.3) is 0 Å². The first kappa shape index (κ1) is 13.8. The van der Waals surface area contributed by atoms with E-state index in [0.717, 1.165) is 32.1 Å². The molecule has 104 valence electrons. The van der Waals surface area contributed by atoms with Gasteiger partial charge in [0, 0.05) is 12.0 Å². The highest BCUT2D eigenvalue weighted by molar-refractivity contribution is 5.79. The van der Waals surface area contributed by atoms with E-state index in [9.17, 15) is 4.79 Å². The Morgan fingerprint density at radius 3 is 2.33 bits per heavy atom. The molecule has 0 radical (unpaired) electrons. The van der Waals surface area contributed by atoms with Crippen LogP contribution in [-0.4, -0.2) is 25.0 Å². The zero-order valence-electron chi connectivity index (χ0n) is 11.2. The van der Waals surface area contributed by atoms with Gasteiger partial charge in [-0.1, -0.05) is 19.3 Å². The number of rotatable bonds is 4. The first-order chi connectivity index (χ1) is 8.76. The maximum Gasteiger partial charge on any atom is 0.223 e. The molecular weight excluding hydrogens is 226 g/mol. The second-order valence-corrected chi connectivity index (χ2v) is 5.93. The lowest BCUT2D eigenvalue weighted by molar-refractivity contribution is -0.127. The Morgan fingerprint density at radius 1 is 0.944 bits per heavy atom. The lowest BCUT2D eigenvalue weighted by Crippen LogP contribution is -2.47. The summed E-state index contributed by atoms with van der Waals surface area (Å²) in [6, 6.07) is 0.301. The van der Waals surface area contributed by atoms with Gasteiger partial charge in [0.15, 0.2) is 0 Å². The third-order valence-electron chi connectivity index (χ3n) is 4.84. The number of nitrogens with one attached hydrogen (secondary N) is 1. The van der Waals surface area contributed by atoms with Crippen molar-refractivity contribution in [3.05, 3.63) is 0 Å². The lowest BCUT2D eigenvalue weighted by Gasteiger charge is -2.32. The van der Waals surface area contributed by atoms with Crippen LogP contribution in [0.4, 0.5) is 0 Å². The molecule has 2 aliphatic carbocycles. The van der Waals surface area contributed by atoms with Gasteiger partial charge in [-0.05, 0) is 50.6 Å². The first-order valence-corrected chi connectivity index (χ1v) is 7.46. The van der Waals surface area contributed by atoms with Crippen molar-refractivity contribution in [3.8, 4) is 0 Å². The van der Waals surface area contributed by atoms with Gasteiger partial charge in [-0.3, -0.25) is 4.79 Å². The minimum absolute atomic E-state index is 0.148. The average Bonchev–Trinajstić information content (AvgIpc) is 2.87. The summed E-state index contributed by atoms with van der Waals surface area (Å²) in [6.07, 6.45) is 7.98. The molecule has 0 heterocycles. The maximum absolute atomic E-state index is 12.3. The van der Waals surface area contributed by atoms with E-state index in [2.05, 4.69) is 5.32 Å². The van der Waals surface area contributed by atoms with Crippen molar-refractivity contribution in [3.63, 3.8) is 0 Å². The fourth-order valence-corrected chi connectivity index (χ4v) is 3.63. The summed E-state index contributed by atoms with van der Waals surface area (Å²) in [5, 5.41) is 3.25. The molecule has 0 spiro atoms. The van der Waals surface area contributed by atoms with Gasteiger partial charge in [-0.25, -0.2) is 0 Å². The zero-order valence-corrected chi connectivity index (χ0v) is 11.2. The van der Waals surface area contributed by atoms with Gasteiger partial charge in [-0.2, -0.15) is 0 Å². The predicted molar refractivity (Wildman–Crippen MR) is 72.8 cm³/mol. The molecule has 5 N–H and O–H groups in total. The molecule has 4 atom stereocenters. The Kier molecular flexibility index (Phi) is 5.01. The van der Waals surface area contributed by atoms with Crippen molar-refractivity contribution in [1.29, 1.82) is 0 Å². The van der Waals surface area contributed by atoms with Crippen LogP contribution in [0.2, 0.25) is 0 Å². The molecule has 4 heteroatoms. The van der Waals surface area contributed by atoms with E-state index in [0.29, 0.717) is 31.0 Å². The lowest BCUT2D eigenvalue weighted by atomic mass is 9.84. The highest BCUT2D eigenvalue weighted by Gasteiger charge is 2.34. The molecule has 0 aromatic rings. The minimum Gasteiger partial charge on any atom is -0.353 e. The second-order valence-electron chi connectivity index (χ2n) is 5.93. The Bertz CT molecular complexity index is 282. The SMILES string of the molecule is NCC1CCCCC1NC(=O)[C@@H]1CCC[C@@H]1CN. The van der Waals surface area contributed by atoms with Gasteiger partial charge in [0.05, 0.1) is 0 Å². The summed E-state index contributed by atoms with van der Waals surface area (Å²) in [5.41, 5.74) is 11.6. The average molecular weight is 253 g/mol. The highest BCUT2D eigenvalue weighted by atomic mass is 16.2. The van der Waals surface area contributed by atoms with Crippen molar-refractivity contribution in [2.75, 3.05) is 13.1 Å². The topological polar surface area (TPSA) is 81.1 Å². The van der Waals surface area contributed by atoms with Gasteiger partial charge < -0.3 is 16.8 Å². The van der Waals surface area contributed by atoms with Crippen LogP contribution in [0.15, 0.2) is 0 Å². The molecule has 2 aliphatic rings. The molecular formula is C14H27N3O. The summed E-state index contributed by atoms with van der Waals surface area (Å²) < 4.78 is 0. The van der Waals surface area contributed by atoms with E-state index < -0.39 is 0 Å². The van der Waals surface area contributed by atoms with Crippen molar-refractivity contribution in [1.82, 2.24) is 5.32 Å². The van der Waals surface area contributed by atoms with Gasteiger partial charge in [0.2, 0.25) is 5.91 Å². The largest absolute Gasteiger partial charge is 0.353 e. The van der Waals surface area contributed by atoms with Crippen LogP contribution in [0, 0.1) is 17.8 Å². The molecule has 0 aliphatic heterocycles. The van der Waals surface area contributed by atoms with Gasteiger partial charge in [0.1, 0.15) is 0 Å². The Balaban J connectivity index is 1.89. The molecule has 2 saturated carbocycles. The molecule has 0 aromatic carbocycles. The fourth-order valence-electron chi connectivity index (χ4n) is 3.63. The highest BCUT2D eigenvalue weighted by Crippen LogP contribution is 2.32. The molecule has 4 nitrogen and oxygen atoms in total. The number of carbonyl (C=O) groups is 1. The van der Waals surface area contributed by atoms with Crippen molar-refractivity contribution >= 4 is 5.91 Å². The normalized spacial score (nSPS) is 36.6. The summed E-state index contributed by atoms with van der Waals surface area (Å²) >= 11 is 0. The molecule has 2 fully saturated rings. The summed E-state index contributed by atoms with van der Waals surface area (Å²) in [5.74, 6) is 1.24. The fraction of sp³-hybridized carbons (Fsp3) is 0.929. The standard InChI is InChI=1S/C14H27N3O/c15-8-10-5-3-6-12(10)14(18)17-13-7-2-1-4-11(13)9-16/h10-13H,1-9,15-16H2,(H,17,18)/t10-,11?,12-,13?/m1/s1. The van der Waals surface area contributed by atoms with Crippen LogP contribution in [0.1, 0.15) is 44.9 Å². The smallest absolute Gasteiger partial charge is 0.223 e.